The largest absolute Gasteiger partial charge is 0.387 e. The van der Waals surface area contributed by atoms with Crippen LogP contribution in [0.1, 0.15) is 51.8 Å². The molecule has 1 aromatic rings. The van der Waals surface area contributed by atoms with Gasteiger partial charge in [0, 0.05) is 13.7 Å². The molecule has 0 aromatic carbocycles. The summed E-state index contributed by atoms with van der Waals surface area (Å²) in [5.74, 6) is 0. The van der Waals surface area contributed by atoms with Gasteiger partial charge in [-0.1, -0.05) is 6.92 Å². The first-order valence-corrected chi connectivity index (χ1v) is 6.23. The minimum atomic E-state index is -0.460. The van der Waals surface area contributed by atoms with Crippen LogP contribution >= 0.6 is 0 Å². The second-order valence-electron chi connectivity index (χ2n) is 5.03. The van der Waals surface area contributed by atoms with Gasteiger partial charge in [0.05, 0.1) is 29.9 Å². The number of hydrogen-bond donors (Lipinski definition) is 1. The fourth-order valence-corrected chi connectivity index (χ4v) is 1.77. The lowest BCUT2D eigenvalue weighted by Gasteiger charge is -2.24. The summed E-state index contributed by atoms with van der Waals surface area (Å²) in [6.45, 7) is 7.08. The van der Waals surface area contributed by atoms with Gasteiger partial charge in [-0.2, -0.15) is 0 Å². The summed E-state index contributed by atoms with van der Waals surface area (Å²) in [5, 5.41) is 10.2. The van der Waals surface area contributed by atoms with Crippen LogP contribution in [0.2, 0.25) is 0 Å². The molecular formula is C13H24N2O2. The van der Waals surface area contributed by atoms with Gasteiger partial charge in [-0.25, -0.2) is 4.98 Å². The number of aryl methyl sites for hydroxylation is 1. The number of aliphatic hydroxyl groups excluding tert-OH is 1. The van der Waals surface area contributed by atoms with Crippen LogP contribution in [0.5, 0.6) is 0 Å². The summed E-state index contributed by atoms with van der Waals surface area (Å²) in [5.41, 5.74) is 0.718. The van der Waals surface area contributed by atoms with Gasteiger partial charge in [0.25, 0.3) is 0 Å². The average molecular weight is 240 g/mol. The number of aliphatic hydroxyl groups is 1. The van der Waals surface area contributed by atoms with Crippen molar-refractivity contribution in [1.82, 2.24) is 9.55 Å². The van der Waals surface area contributed by atoms with E-state index in [1.807, 2.05) is 18.4 Å². The third-order valence-corrected chi connectivity index (χ3v) is 3.12. The smallest absolute Gasteiger partial charge is 0.0956 e. The second-order valence-corrected chi connectivity index (χ2v) is 5.03. The van der Waals surface area contributed by atoms with E-state index < -0.39 is 6.10 Å². The van der Waals surface area contributed by atoms with Gasteiger partial charge in [-0.3, -0.25) is 0 Å². The molecule has 17 heavy (non-hydrogen) atoms. The van der Waals surface area contributed by atoms with Crippen molar-refractivity contribution in [2.45, 2.75) is 58.3 Å². The van der Waals surface area contributed by atoms with Crippen LogP contribution < -0.4 is 0 Å². The topological polar surface area (TPSA) is 47.3 Å². The molecule has 0 radical (unpaired) electrons. The molecule has 4 nitrogen and oxygen atoms in total. The maximum atomic E-state index is 10.2. The Morgan fingerprint density at radius 3 is 2.82 bits per heavy atom. The van der Waals surface area contributed by atoms with Crippen LogP contribution in [0.4, 0.5) is 0 Å². The van der Waals surface area contributed by atoms with E-state index in [-0.39, 0.29) is 5.60 Å². The van der Waals surface area contributed by atoms with Crippen molar-refractivity contribution in [3.05, 3.63) is 18.2 Å². The van der Waals surface area contributed by atoms with Crippen molar-refractivity contribution in [2.75, 3.05) is 7.11 Å². The van der Waals surface area contributed by atoms with Crippen LogP contribution in [-0.2, 0) is 11.3 Å². The van der Waals surface area contributed by atoms with Gasteiger partial charge in [0.1, 0.15) is 0 Å². The molecule has 0 aliphatic rings. The van der Waals surface area contributed by atoms with Gasteiger partial charge in [0.15, 0.2) is 0 Å². The number of hydrogen-bond acceptors (Lipinski definition) is 3. The maximum Gasteiger partial charge on any atom is 0.0956 e. The second kappa shape index (κ2) is 6.17. The van der Waals surface area contributed by atoms with E-state index in [9.17, 15) is 5.11 Å². The Bertz CT molecular complexity index is 334. The highest BCUT2D eigenvalue weighted by Gasteiger charge is 2.20. The fraction of sp³-hybridized carbons (Fsp3) is 0.769. The number of methoxy groups -OCH3 is 1. The highest BCUT2D eigenvalue weighted by molar-refractivity contribution is 5.02. The molecule has 1 atom stereocenters. The summed E-state index contributed by atoms with van der Waals surface area (Å²) < 4.78 is 7.37. The van der Waals surface area contributed by atoms with Crippen molar-refractivity contribution in [1.29, 1.82) is 0 Å². The maximum absolute atomic E-state index is 10.2. The Morgan fingerprint density at radius 1 is 1.53 bits per heavy atom. The first-order valence-electron chi connectivity index (χ1n) is 6.23. The molecule has 1 aromatic heterocycles. The summed E-state index contributed by atoms with van der Waals surface area (Å²) in [6, 6.07) is 0. The zero-order valence-corrected chi connectivity index (χ0v) is 11.3. The Hall–Kier alpha value is -0.870. The normalized spacial score (nSPS) is 13.9. The van der Waals surface area contributed by atoms with Crippen LogP contribution in [0.25, 0.3) is 0 Å². The summed E-state index contributed by atoms with van der Waals surface area (Å²) in [7, 11) is 1.70. The number of nitrogens with zero attached hydrogens (tertiary/aromatic N) is 2. The van der Waals surface area contributed by atoms with E-state index >= 15 is 0 Å². The van der Waals surface area contributed by atoms with Gasteiger partial charge < -0.3 is 14.4 Å². The van der Waals surface area contributed by atoms with Crippen molar-refractivity contribution in [3.8, 4) is 0 Å². The third kappa shape index (κ3) is 4.13. The molecule has 4 heteroatoms. The van der Waals surface area contributed by atoms with E-state index in [1.54, 1.807) is 19.6 Å². The minimum absolute atomic E-state index is 0.184. The lowest BCUT2D eigenvalue weighted by molar-refractivity contribution is 0.00208. The number of ether oxygens (including phenoxy) is 1. The Kier molecular flexibility index (Phi) is 5.15. The first-order chi connectivity index (χ1) is 8.00. The molecule has 0 aliphatic carbocycles. The molecule has 0 bridgehead atoms. The Labute approximate surface area is 104 Å². The summed E-state index contributed by atoms with van der Waals surface area (Å²) >= 11 is 0. The molecule has 98 valence electrons. The Balaban J connectivity index is 2.57. The highest BCUT2D eigenvalue weighted by atomic mass is 16.5. The van der Waals surface area contributed by atoms with Gasteiger partial charge in [0.2, 0.25) is 0 Å². The lowest BCUT2D eigenvalue weighted by Crippen LogP contribution is -2.23. The summed E-state index contributed by atoms with van der Waals surface area (Å²) in [6.07, 6.45) is 5.63. The van der Waals surface area contributed by atoms with E-state index in [0.717, 1.165) is 25.1 Å². The van der Waals surface area contributed by atoms with Crippen LogP contribution in [0, 0.1) is 0 Å². The number of imidazole rings is 1. The molecule has 1 heterocycles. The highest BCUT2D eigenvalue weighted by Crippen LogP contribution is 2.24. The monoisotopic (exact) mass is 240 g/mol. The molecule has 0 saturated heterocycles. The Morgan fingerprint density at radius 2 is 2.24 bits per heavy atom. The van der Waals surface area contributed by atoms with Crippen LogP contribution in [-0.4, -0.2) is 27.4 Å². The molecule has 0 amide bonds. The fourth-order valence-electron chi connectivity index (χ4n) is 1.77. The molecule has 0 aliphatic heterocycles. The van der Waals surface area contributed by atoms with Gasteiger partial charge in [-0.05, 0) is 33.1 Å². The van der Waals surface area contributed by atoms with Crippen molar-refractivity contribution >= 4 is 0 Å². The van der Waals surface area contributed by atoms with Crippen molar-refractivity contribution < 1.29 is 9.84 Å². The number of aromatic nitrogens is 2. The SMILES string of the molecule is CCCn1cncc1C(O)CCC(C)(C)OC. The minimum Gasteiger partial charge on any atom is -0.387 e. The molecule has 0 spiro atoms. The predicted octanol–water partition coefficient (Wildman–Crippen LogP) is 2.53. The molecule has 0 saturated carbocycles. The predicted molar refractivity (Wildman–Crippen MR) is 67.8 cm³/mol. The van der Waals surface area contributed by atoms with Gasteiger partial charge in [-0.15, -0.1) is 0 Å². The quantitative estimate of drug-likeness (QED) is 0.796. The average Bonchev–Trinajstić information content (AvgIpc) is 2.75. The zero-order chi connectivity index (χ0) is 12.9. The first kappa shape index (κ1) is 14.2. The standard InChI is InChI=1S/C13H24N2O2/c1-5-8-15-10-14-9-11(15)12(16)6-7-13(2,3)17-4/h9-10,12,16H,5-8H2,1-4H3. The molecular weight excluding hydrogens is 216 g/mol. The van der Waals surface area contributed by atoms with Crippen LogP contribution in [0.15, 0.2) is 12.5 Å². The molecule has 1 unspecified atom stereocenters. The van der Waals surface area contributed by atoms with Crippen molar-refractivity contribution in [2.24, 2.45) is 0 Å². The van der Waals surface area contributed by atoms with E-state index in [2.05, 4.69) is 11.9 Å². The number of rotatable bonds is 7. The van der Waals surface area contributed by atoms with Crippen LogP contribution in [0.3, 0.4) is 0 Å². The van der Waals surface area contributed by atoms with E-state index in [1.165, 1.54) is 0 Å². The van der Waals surface area contributed by atoms with E-state index in [4.69, 9.17) is 4.74 Å². The third-order valence-electron chi connectivity index (χ3n) is 3.12. The summed E-state index contributed by atoms with van der Waals surface area (Å²) in [4.78, 5) is 4.10. The molecule has 1 rings (SSSR count). The lowest BCUT2D eigenvalue weighted by atomic mass is 9.99. The van der Waals surface area contributed by atoms with Crippen molar-refractivity contribution in [3.63, 3.8) is 0 Å². The molecule has 1 N–H and O–H groups in total. The van der Waals surface area contributed by atoms with Gasteiger partial charge >= 0.3 is 0 Å². The van der Waals surface area contributed by atoms with E-state index in [0.29, 0.717) is 6.42 Å². The zero-order valence-electron chi connectivity index (χ0n) is 11.3. The molecule has 0 fully saturated rings.